The molecule has 2 N–H and O–H groups in total. The molecular weight excluding hydrogens is 362 g/mol. The van der Waals surface area contributed by atoms with E-state index in [-0.39, 0.29) is 16.4 Å². The largest absolute Gasteiger partial charge is 0.399 e. The van der Waals surface area contributed by atoms with Gasteiger partial charge in [-0.25, -0.2) is 0 Å². The van der Waals surface area contributed by atoms with Crippen molar-refractivity contribution in [3.63, 3.8) is 0 Å². The molecule has 0 saturated heterocycles. The molecule has 0 aliphatic carbocycles. The quantitative estimate of drug-likeness (QED) is 0.556. The third-order valence-electron chi connectivity index (χ3n) is 4.46. The molecule has 27 heavy (non-hydrogen) atoms. The first-order valence-electron chi connectivity index (χ1n) is 8.38. The molecule has 0 unspecified atom stereocenters. The second-order valence-electron chi connectivity index (χ2n) is 6.28. The van der Waals surface area contributed by atoms with Gasteiger partial charge in [-0.2, -0.15) is 0 Å². The molecule has 0 fully saturated rings. The molecule has 0 aliphatic heterocycles. The summed E-state index contributed by atoms with van der Waals surface area (Å²) in [7, 11) is 0. The Hall–Kier alpha value is -3.31. The Morgan fingerprint density at radius 1 is 0.852 bits per heavy atom. The van der Waals surface area contributed by atoms with E-state index in [0.29, 0.717) is 22.8 Å². The molecule has 134 valence electrons. The lowest BCUT2D eigenvalue weighted by atomic mass is 10.2. The molecule has 2 heterocycles. The molecular formula is C21H16ClN3O2. The van der Waals surface area contributed by atoms with Gasteiger partial charge in [0.15, 0.2) is 5.43 Å². The van der Waals surface area contributed by atoms with Crippen molar-refractivity contribution in [2.45, 2.75) is 6.54 Å². The van der Waals surface area contributed by atoms with Gasteiger partial charge in [0, 0.05) is 34.9 Å². The fraction of sp³-hybridized carbons (Fsp3) is 0.0476. The third kappa shape index (κ3) is 3.25. The smallest absolute Gasteiger partial charge is 0.264 e. The first-order chi connectivity index (χ1) is 13.0. The van der Waals surface area contributed by atoms with Crippen LogP contribution in [0.25, 0.3) is 16.6 Å². The summed E-state index contributed by atoms with van der Waals surface area (Å²) >= 11 is 5.91. The topological polar surface area (TPSA) is 70.0 Å². The maximum Gasteiger partial charge on any atom is 0.264 e. The van der Waals surface area contributed by atoms with E-state index in [1.165, 1.54) is 10.6 Å². The standard InChI is InChI=1S/C21H16ClN3O2/c22-15-3-1-14(2-4-15)13-24-11-9-18-20(21(24)27)19(26)10-12-25(18)17-7-5-16(23)6-8-17/h1-12H,13,23H2. The van der Waals surface area contributed by atoms with Crippen LogP contribution in [-0.2, 0) is 6.54 Å². The number of fused-ring (bicyclic) bond motifs is 1. The van der Waals surface area contributed by atoms with Gasteiger partial charge >= 0.3 is 0 Å². The lowest BCUT2D eigenvalue weighted by Crippen LogP contribution is -2.25. The van der Waals surface area contributed by atoms with Crippen molar-refractivity contribution in [1.82, 2.24) is 9.13 Å². The minimum absolute atomic E-state index is 0.158. The van der Waals surface area contributed by atoms with Gasteiger partial charge in [-0.15, -0.1) is 0 Å². The van der Waals surface area contributed by atoms with E-state index < -0.39 is 0 Å². The first-order valence-corrected chi connectivity index (χ1v) is 8.76. The minimum atomic E-state index is -0.322. The fourth-order valence-electron chi connectivity index (χ4n) is 3.07. The van der Waals surface area contributed by atoms with Crippen LogP contribution in [0.2, 0.25) is 5.02 Å². The highest BCUT2D eigenvalue weighted by atomic mass is 35.5. The fourth-order valence-corrected chi connectivity index (χ4v) is 3.20. The summed E-state index contributed by atoms with van der Waals surface area (Å²) in [6.45, 7) is 0.363. The zero-order chi connectivity index (χ0) is 19.0. The van der Waals surface area contributed by atoms with E-state index in [1.54, 1.807) is 42.7 Å². The second kappa shape index (κ2) is 6.78. The Balaban J connectivity index is 1.86. The van der Waals surface area contributed by atoms with Crippen LogP contribution in [0, 0.1) is 0 Å². The van der Waals surface area contributed by atoms with E-state index in [9.17, 15) is 9.59 Å². The monoisotopic (exact) mass is 377 g/mol. The highest BCUT2D eigenvalue weighted by molar-refractivity contribution is 6.30. The number of nitrogen functional groups attached to an aromatic ring is 1. The normalized spacial score (nSPS) is 11.0. The van der Waals surface area contributed by atoms with Crippen molar-refractivity contribution in [3.8, 4) is 5.69 Å². The molecule has 2 aromatic carbocycles. The van der Waals surface area contributed by atoms with Gasteiger partial charge in [-0.05, 0) is 48.0 Å². The molecule has 5 nitrogen and oxygen atoms in total. The van der Waals surface area contributed by atoms with Crippen molar-refractivity contribution in [3.05, 3.63) is 104 Å². The predicted octanol–water partition coefficient (Wildman–Crippen LogP) is 3.44. The van der Waals surface area contributed by atoms with E-state index in [4.69, 9.17) is 17.3 Å². The molecule has 6 heteroatoms. The van der Waals surface area contributed by atoms with Crippen molar-refractivity contribution in [2.24, 2.45) is 0 Å². The average Bonchev–Trinajstić information content (AvgIpc) is 2.67. The number of rotatable bonds is 3. The number of nitrogens with zero attached hydrogens (tertiary/aromatic N) is 2. The number of nitrogens with two attached hydrogens (primary N) is 1. The van der Waals surface area contributed by atoms with Crippen LogP contribution in [0.3, 0.4) is 0 Å². The third-order valence-corrected chi connectivity index (χ3v) is 4.71. The molecule has 0 spiro atoms. The summed E-state index contributed by atoms with van der Waals surface area (Å²) in [6.07, 6.45) is 3.37. The molecule has 0 radical (unpaired) electrons. The Morgan fingerprint density at radius 3 is 2.26 bits per heavy atom. The molecule has 4 aromatic rings. The first kappa shape index (κ1) is 17.1. The number of halogens is 1. The van der Waals surface area contributed by atoms with Gasteiger partial charge in [0.2, 0.25) is 0 Å². The molecule has 4 rings (SSSR count). The molecule has 0 amide bonds. The van der Waals surface area contributed by atoms with Gasteiger partial charge < -0.3 is 14.9 Å². The van der Waals surface area contributed by atoms with E-state index >= 15 is 0 Å². The van der Waals surface area contributed by atoms with Crippen LogP contribution in [-0.4, -0.2) is 9.13 Å². The number of benzene rings is 2. The van der Waals surface area contributed by atoms with Crippen LogP contribution in [0.1, 0.15) is 5.56 Å². The molecule has 0 aliphatic rings. The zero-order valence-electron chi connectivity index (χ0n) is 14.3. The Labute approximate surface area is 159 Å². The summed E-state index contributed by atoms with van der Waals surface area (Å²) in [6, 6.07) is 17.7. The number of hydrogen-bond donors (Lipinski definition) is 1. The van der Waals surface area contributed by atoms with Gasteiger partial charge in [0.05, 0.1) is 12.1 Å². The van der Waals surface area contributed by atoms with Crippen LogP contribution in [0.15, 0.2) is 82.6 Å². The average molecular weight is 378 g/mol. The summed E-state index contributed by atoms with van der Waals surface area (Å²) in [5.41, 5.74) is 8.08. The Bertz CT molecular complexity index is 1240. The van der Waals surface area contributed by atoms with Gasteiger partial charge in [0.1, 0.15) is 5.39 Å². The second-order valence-corrected chi connectivity index (χ2v) is 6.71. The Kier molecular flexibility index (Phi) is 4.30. The molecule has 0 bridgehead atoms. The Morgan fingerprint density at radius 2 is 1.56 bits per heavy atom. The van der Waals surface area contributed by atoms with Gasteiger partial charge in [0.25, 0.3) is 5.56 Å². The maximum absolute atomic E-state index is 13.0. The number of anilines is 1. The number of hydrogen-bond acceptors (Lipinski definition) is 3. The number of aromatic nitrogens is 2. The predicted molar refractivity (Wildman–Crippen MR) is 109 cm³/mol. The van der Waals surface area contributed by atoms with Crippen LogP contribution >= 0.6 is 11.6 Å². The maximum atomic E-state index is 13.0. The molecule has 0 saturated carbocycles. The van der Waals surface area contributed by atoms with E-state index in [2.05, 4.69) is 0 Å². The lowest BCUT2D eigenvalue weighted by Gasteiger charge is -2.13. The van der Waals surface area contributed by atoms with Gasteiger partial charge in [-0.1, -0.05) is 23.7 Å². The SMILES string of the molecule is Nc1ccc(-n2ccc(=O)c3c(=O)n(Cc4ccc(Cl)cc4)ccc32)cc1. The van der Waals surface area contributed by atoms with E-state index in [0.717, 1.165) is 11.3 Å². The van der Waals surface area contributed by atoms with Crippen molar-refractivity contribution < 1.29 is 0 Å². The van der Waals surface area contributed by atoms with E-state index in [1.807, 2.05) is 28.8 Å². The van der Waals surface area contributed by atoms with Crippen molar-refractivity contribution in [1.29, 1.82) is 0 Å². The van der Waals surface area contributed by atoms with Gasteiger partial charge in [-0.3, -0.25) is 9.59 Å². The highest BCUT2D eigenvalue weighted by Gasteiger charge is 2.11. The lowest BCUT2D eigenvalue weighted by molar-refractivity contribution is 0.766. The summed E-state index contributed by atoms with van der Waals surface area (Å²) < 4.78 is 3.34. The molecule has 2 aromatic heterocycles. The zero-order valence-corrected chi connectivity index (χ0v) is 15.1. The van der Waals surface area contributed by atoms with Crippen LogP contribution in [0.5, 0.6) is 0 Å². The number of pyridine rings is 2. The van der Waals surface area contributed by atoms with Crippen LogP contribution < -0.4 is 16.7 Å². The summed E-state index contributed by atoms with van der Waals surface area (Å²) in [5.74, 6) is 0. The highest BCUT2D eigenvalue weighted by Crippen LogP contribution is 2.16. The summed E-state index contributed by atoms with van der Waals surface area (Å²) in [4.78, 5) is 25.4. The summed E-state index contributed by atoms with van der Waals surface area (Å²) in [5, 5.41) is 0.793. The minimum Gasteiger partial charge on any atom is -0.399 e. The van der Waals surface area contributed by atoms with Crippen molar-refractivity contribution in [2.75, 3.05) is 5.73 Å². The molecule has 0 atom stereocenters. The van der Waals surface area contributed by atoms with Crippen molar-refractivity contribution >= 4 is 28.2 Å². The van der Waals surface area contributed by atoms with Crippen LogP contribution in [0.4, 0.5) is 5.69 Å².